The van der Waals surface area contributed by atoms with Crippen LogP contribution in [0.25, 0.3) is 0 Å². The van der Waals surface area contributed by atoms with Gasteiger partial charge < -0.3 is 5.32 Å². The number of rotatable bonds is 6. The molecule has 92 valence electrons. The Morgan fingerprint density at radius 3 is 2.44 bits per heavy atom. The van der Waals surface area contributed by atoms with E-state index in [1.807, 2.05) is 0 Å². The van der Waals surface area contributed by atoms with Crippen LogP contribution in [0, 0.1) is 5.92 Å². The monoisotopic (exact) mass is 227 g/mol. The summed E-state index contributed by atoms with van der Waals surface area (Å²) in [6.07, 6.45) is 7.60. The van der Waals surface area contributed by atoms with E-state index in [0.29, 0.717) is 36.6 Å². The highest BCUT2D eigenvalue weighted by atomic mass is 19.1. The minimum atomic E-state index is -0.244. The fraction of sp³-hybridized carbons (Fsp3) is 0.923. The van der Waals surface area contributed by atoms with Crippen molar-refractivity contribution in [2.45, 2.75) is 63.5 Å². The molecule has 2 saturated heterocycles. The average Bonchev–Trinajstić information content (AvgIpc) is 2.63. The number of halogens is 1. The van der Waals surface area contributed by atoms with Gasteiger partial charge in [-0.2, -0.15) is 0 Å². The Labute approximate surface area is 97.0 Å². The number of hydrogen-bond acceptors (Lipinski definition) is 2. The van der Waals surface area contributed by atoms with Crippen molar-refractivity contribution >= 4 is 5.78 Å². The molecule has 0 saturated carbocycles. The lowest BCUT2D eigenvalue weighted by molar-refractivity contribution is -0.124. The number of fused-ring (bicyclic) bond motifs is 2. The van der Waals surface area contributed by atoms with Crippen LogP contribution in [0.1, 0.15) is 51.4 Å². The third kappa shape index (κ3) is 3.03. The summed E-state index contributed by atoms with van der Waals surface area (Å²) in [6.45, 7) is -0.244. The maximum absolute atomic E-state index is 12.0. The summed E-state index contributed by atoms with van der Waals surface area (Å²) in [5.74, 6) is 0.724. The van der Waals surface area contributed by atoms with Crippen molar-refractivity contribution < 1.29 is 9.18 Å². The van der Waals surface area contributed by atoms with Gasteiger partial charge >= 0.3 is 0 Å². The van der Waals surface area contributed by atoms with Crippen LogP contribution < -0.4 is 5.32 Å². The Bertz CT molecular complexity index is 232. The molecule has 2 fully saturated rings. The second-order valence-corrected chi connectivity index (χ2v) is 5.27. The number of Topliss-reactive ketones (excluding diaryl/α,β-unsaturated/α-hetero) is 1. The number of nitrogens with one attached hydrogen (secondary N) is 1. The van der Waals surface area contributed by atoms with Crippen LogP contribution in [0.15, 0.2) is 0 Å². The number of carbonyl (C=O) groups is 1. The summed E-state index contributed by atoms with van der Waals surface area (Å²) in [7, 11) is 0. The first-order valence-corrected chi connectivity index (χ1v) is 6.64. The minimum Gasteiger partial charge on any atom is -0.311 e. The summed E-state index contributed by atoms with van der Waals surface area (Å²) >= 11 is 0. The zero-order valence-electron chi connectivity index (χ0n) is 9.88. The molecular weight excluding hydrogens is 205 g/mol. The van der Waals surface area contributed by atoms with Gasteiger partial charge in [-0.05, 0) is 38.5 Å². The fourth-order valence-corrected chi connectivity index (χ4v) is 3.09. The van der Waals surface area contributed by atoms with Crippen LogP contribution in [0.4, 0.5) is 4.39 Å². The molecule has 2 aliphatic rings. The normalized spacial score (nSPS) is 32.9. The minimum absolute atomic E-state index is 0.244. The third-order valence-electron chi connectivity index (χ3n) is 3.99. The van der Waals surface area contributed by atoms with E-state index in [2.05, 4.69) is 5.32 Å². The van der Waals surface area contributed by atoms with E-state index >= 15 is 0 Å². The molecule has 0 radical (unpaired) electrons. The molecule has 0 aromatic heterocycles. The molecule has 2 bridgehead atoms. The highest BCUT2D eigenvalue weighted by molar-refractivity contribution is 5.81. The molecule has 2 atom stereocenters. The second kappa shape index (κ2) is 5.76. The number of unbranched alkanes of at least 4 members (excludes halogenated alkanes) is 2. The van der Waals surface area contributed by atoms with Crippen molar-refractivity contribution in [2.24, 2.45) is 5.92 Å². The first-order valence-electron chi connectivity index (χ1n) is 6.64. The van der Waals surface area contributed by atoms with Crippen LogP contribution in [-0.2, 0) is 4.79 Å². The Morgan fingerprint density at radius 2 is 1.81 bits per heavy atom. The SMILES string of the molecule is O=C(CCCCCF)C1CC2CCC(C1)N2. The molecule has 16 heavy (non-hydrogen) atoms. The van der Waals surface area contributed by atoms with Gasteiger partial charge in [0.2, 0.25) is 0 Å². The molecule has 2 rings (SSSR count). The first kappa shape index (κ1) is 12.0. The van der Waals surface area contributed by atoms with Crippen molar-refractivity contribution in [1.82, 2.24) is 5.32 Å². The van der Waals surface area contributed by atoms with Gasteiger partial charge in [0.15, 0.2) is 0 Å². The predicted octanol–water partition coefficient (Wildman–Crippen LogP) is 2.62. The van der Waals surface area contributed by atoms with Crippen molar-refractivity contribution in [1.29, 1.82) is 0 Å². The molecule has 2 heterocycles. The standard InChI is InChI=1S/C13H22FNO/c14-7-3-1-2-4-13(16)10-8-11-5-6-12(9-10)15-11/h10-12,15H,1-9H2. The molecule has 0 aromatic rings. The van der Waals surface area contributed by atoms with Crippen molar-refractivity contribution in [2.75, 3.05) is 6.67 Å². The van der Waals surface area contributed by atoms with Crippen LogP contribution >= 0.6 is 0 Å². The Balaban J connectivity index is 1.69. The van der Waals surface area contributed by atoms with Gasteiger partial charge in [0, 0.05) is 24.4 Å². The van der Waals surface area contributed by atoms with Crippen molar-refractivity contribution in [3.63, 3.8) is 0 Å². The van der Waals surface area contributed by atoms with Gasteiger partial charge in [-0.3, -0.25) is 9.18 Å². The van der Waals surface area contributed by atoms with E-state index in [1.54, 1.807) is 0 Å². The van der Waals surface area contributed by atoms with Crippen molar-refractivity contribution in [3.8, 4) is 0 Å². The number of alkyl halides is 1. The quantitative estimate of drug-likeness (QED) is 0.707. The molecule has 2 nitrogen and oxygen atoms in total. The molecule has 0 aliphatic carbocycles. The van der Waals surface area contributed by atoms with Gasteiger partial charge in [0.25, 0.3) is 0 Å². The van der Waals surface area contributed by atoms with Crippen LogP contribution in [0.3, 0.4) is 0 Å². The van der Waals surface area contributed by atoms with Gasteiger partial charge in [-0.25, -0.2) is 0 Å². The lowest BCUT2D eigenvalue weighted by Gasteiger charge is -2.28. The zero-order chi connectivity index (χ0) is 11.4. The molecule has 3 heteroatoms. The molecular formula is C13H22FNO. The van der Waals surface area contributed by atoms with E-state index in [9.17, 15) is 9.18 Å². The summed E-state index contributed by atoms with van der Waals surface area (Å²) in [5.41, 5.74) is 0. The van der Waals surface area contributed by atoms with E-state index in [0.717, 1.165) is 25.7 Å². The molecule has 1 N–H and O–H groups in total. The Morgan fingerprint density at radius 1 is 1.12 bits per heavy atom. The number of piperidine rings is 1. The van der Waals surface area contributed by atoms with E-state index in [-0.39, 0.29) is 6.67 Å². The Kier molecular flexibility index (Phi) is 4.33. The molecule has 0 amide bonds. The fourth-order valence-electron chi connectivity index (χ4n) is 3.09. The predicted molar refractivity (Wildman–Crippen MR) is 62.1 cm³/mol. The number of hydrogen-bond donors (Lipinski definition) is 1. The lowest BCUT2D eigenvalue weighted by Crippen LogP contribution is -2.40. The van der Waals surface area contributed by atoms with E-state index < -0.39 is 0 Å². The summed E-state index contributed by atoms with van der Waals surface area (Å²) in [5, 5.41) is 3.55. The van der Waals surface area contributed by atoms with E-state index in [4.69, 9.17) is 0 Å². The van der Waals surface area contributed by atoms with Gasteiger partial charge in [0.05, 0.1) is 6.67 Å². The first-order chi connectivity index (χ1) is 7.79. The lowest BCUT2D eigenvalue weighted by atomic mass is 9.87. The molecule has 0 aromatic carbocycles. The molecule has 0 spiro atoms. The van der Waals surface area contributed by atoms with Gasteiger partial charge in [-0.15, -0.1) is 0 Å². The highest BCUT2D eigenvalue weighted by Crippen LogP contribution is 2.32. The van der Waals surface area contributed by atoms with Crippen LogP contribution in [0.5, 0.6) is 0 Å². The van der Waals surface area contributed by atoms with Crippen molar-refractivity contribution in [3.05, 3.63) is 0 Å². The van der Waals surface area contributed by atoms with Crippen LogP contribution in [0.2, 0.25) is 0 Å². The smallest absolute Gasteiger partial charge is 0.136 e. The zero-order valence-corrected chi connectivity index (χ0v) is 9.88. The third-order valence-corrected chi connectivity index (χ3v) is 3.99. The summed E-state index contributed by atoms with van der Waals surface area (Å²) in [4.78, 5) is 12.0. The van der Waals surface area contributed by atoms with Gasteiger partial charge in [0.1, 0.15) is 5.78 Å². The molecule has 2 unspecified atom stereocenters. The topological polar surface area (TPSA) is 29.1 Å². The Hall–Kier alpha value is -0.440. The highest BCUT2D eigenvalue weighted by Gasteiger charge is 2.35. The largest absolute Gasteiger partial charge is 0.311 e. The number of ketones is 1. The summed E-state index contributed by atoms with van der Waals surface area (Å²) in [6, 6.07) is 1.19. The second-order valence-electron chi connectivity index (χ2n) is 5.27. The maximum Gasteiger partial charge on any atom is 0.136 e. The van der Waals surface area contributed by atoms with Crippen LogP contribution in [-0.4, -0.2) is 24.5 Å². The molecule has 2 aliphatic heterocycles. The average molecular weight is 227 g/mol. The van der Waals surface area contributed by atoms with E-state index in [1.165, 1.54) is 12.8 Å². The summed E-state index contributed by atoms with van der Waals surface area (Å²) < 4.78 is 11.9. The maximum atomic E-state index is 12.0. The number of carbonyl (C=O) groups excluding carboxylic acids is 1. The van der Waals surface area contributed by atoms with Gasteiger partial charge in [-0.1, -0.05) is 6.42 Å².